The summed E-state index contributed by atoms with van der Waals surface area (Å²) in [6.07, 6.45) is 2.80. The zero-order chi connectivity index (χ0) is 13.0. The monoisotopic (exact) mass is 245 g/mol. The SMILES string of the molecule is CCCOc1cccc(Cn2c(C)cnc2N)c1. The lowest BCUT2D eigenvalue weighted by Gasteiger charge is -2.10. The fourth-order valence-corrected chi connectivity index (χ4v) is 1.82. The predicted molar refractivity (Wildman–Crippen MR) is 72.7 cm³/mol. The second kappa shape index (κ2) is 5.58. The normalized spacial score (nSPS) is 10.6. The van der Waals surface area contributed by atoms with Gasteiger partial charge in [-0.3, -0.25) is 0 Å². The maximum atomic E-state index is 5.83. The molecule has 0 unspecified atom stereocenters. The molecule has 1 heterocycles. The van der Waals surface area contributed by atoms with Crippen molar-refractivity contribution in [2.75, 3.05) is 12.3 Å². The fourth-order valence-electron chi connectivity index (χ4n) is 1.82. The van der Waals surface area contributed by atoms with Gasteiger partial charge >= 0.3 is 0 Å². The molecular weight excluding hydrogens is 226 g/mol. The van der Waals surface area contributed by atoms with E-state index in [1.807, 2.05) is 23.6 Å². The number of ether oxygens (including phenoxy) is 1. The fraction of sp³-hybridized carbons (Fsp3) is 0.357. The predicted octanol–water partition coefficient (Wildman–Crippen LogP) is 2.61. The van der Waals surface area contributed by atoms with Crippen LogP contribution in [0.5, 0.6) is 5.75 Å². The molecule has 96 valence electrons. The van der Waals surface area contributed by atoms with E-state index in [0.29, 0.717) is 5.95 Å². The topological polar surface area (TPSA) is 53.1 Å². The molecule has 0 aliphatic carbocycles. The average molecular weight is 245 g/mol. The van der Waals surface area contributed by atoms with Gasteiger partial charge in [-0.15, -0.1) is 0 Å². The number of rotatable bonds is 5. The first kappa shape index (κ1) is 12.5. The largest absolute Gasteiger partial charge is 0.494 e. The van der Waals surface area contributed by atoms with Gasteiger partial charge in [-0.25, -0.2) is 4.98 Å². The Hall–Kier alpha value is -1.97. The number of nitrogens with zero attached hydrogens (tertiary/aromatic N) is 2. The van der Waals surface area contributed by atoms with E-state index in [9.17, 15) is 0 Å². The molecule has 18 heavy (non-hydrogen) atoms. The van der Waals surface area contributed by atoms with Gasteiger partial charge < -0.3 is 15.0 Å². The zero-order valence-electron chi connectivity index (χ0n) is 10.9. The molecular formula is C14H19N3O. The number of hydrogen-bond donors (Lipinski definition) is 1. The number of benzene rings is 1. The van der Waals surface area contributed by atoms with Crippen molar-refractivity contribution < 1.29 is 4.74 Å². The van der Waals surface area contributed by atoms with Crippen LogP contribution >= 0.6 is 0 Å². The number of nitrogen functional groups attached to an aromatic ring is 1. The summed E-state index contributed by atoms with van der Waals surface area (Å²) >= 11 is 0. The van der Waals surface area contributed by atoms with E-state index in [0.717, 1.165) is 36.6 Å². The number of imidazole rings is 1. The number of nitrogens with two attached hydrogens (primary N) is 1. The van der Waals surface area contributed by atoms with Gasteiger partial charge in [-0.2, -0.15) is 0 Å². The molecule has 0 radical (unpaired) electrons. The Balaban J connectivity index is 2.14. The van der Waals surface area contributed by atoms with Gasteiger partial charge in [-0.05, 0) is 31.0 Å². The van der Waals surface area contributed by atoms with Crippen molar-refractivity contribution in [3.05, 3.63) is 41.7 Å². The van der Waals surface area contributed by atoms with Crippen LogP contribution in [0.1, 0.15) is 24.6 Å². The Morgan fingerprint density at radius 3 is 2.89 bits per heavy atom. The summed E-state index contributed by atoms with van der Waals surface area (Å²) in [5, 5.41) is 0. The van der Waals surface area contributed by atoms with Gasteiger partial charge in [0.1, 0.15) is 5.75 Å². The number of aromatic nitrogens is 2. The van der Waals surface area contributed by atoms with Crippen molar-refractivity contribution in [1.29, 1.82) is 0 Å². The van der Waals surface area contributed by atoms with E-state index in [2.05, 4.69) is 24.0 Å². The summed E-state index contributed by atoms with van der Waals surface area (Å²) < 4.78 is 7.60. The number of anilines is 1. The molecule has 0 bridgehead atoms. The van der Waals surface area contributed by atoms with Crippen molar-refractivity contribution in [3.8, 4) is 5.75 Å². The van der Waals surface area contributed by atoms with Crippen LogP contribution < -0.4 is 10.5 Å². The highest BCUT2D eigenvalue weighted by molar-refractivity contribution is 5.31. The van der Waals surface area contributed by atoms with Crippen LogP contribution in [0.15, 0.2) is 30.5 Å². The van der Waals surface area contributed by atoms with Crippen molar-refractivity contribution >= 4 is 5.95 Å². The van der Waals surface area contributed by atoms with Gasteiger partial charge in [0.2, 0.25) is 5.95 Å². The highest BCUT2D eigenvalue weighted by Crippen LogP contribution is 2.16. The maximum absolute atomic E-state index is 5.83. The van der Waals surface area contributed by atoms with E-state index < -0.39 is 0 Å². The van der Waals surface area contributed by atoms with Gasteiger partial charge in [0, 0.05) is 5.69 Å². The Labute approximate surface area is 107 Å². The van der Waals surface area contributed by atoms with E-state index in [4.69, 9.17) is 10.5 Å². The minimum Gasteiger partial charge on any atom is -0.494 e. The second-order valence-corrected chi connectivity index (χ2v) is 4.34. The van der Waals surface area contributed by atoms with Crippen LogP contribution in [0.3, 0.4) is 0 Å². The number of hydrogen-bond acceptors (Lipinski definition) is 3. The molecule has 0 fully saturated rings. The first-order valence-corrected chi connectivity index (χ1v) is 6.20. The Kier molecular flexibility index (Phi) is 3.87. The highest BCUT2D eigenvalue weighted by Gasteiger charge is 2.04. The van der Waals surface area contributed by atoms with E-state index in [1.165, 1.54) is 0 Å². The second-order valence-electron chi connectivity index (χ2n) is 4.34. The molecule has 0 amide bonds. The Bertz CT molecular complexity index is 500. The van der Waals surface area contributed by atoms with Gasteiger partial charge in [-0.1, -0.05) is 19.1 Å². The minimum absolute atomic E-state index is 0.548. The summed E-state index contributed by atoms with van der Waals surface area (Å²) in [6, 6.07) is 8.10. The van der Waals surface area contributed by atoms with Crippen LogP contribution in [0, 0.1) is 6.92 Å². The number of aryl methyl sites for hydroxylation is 1. The van der Waals surface area contributed by atoms with Crippen molar-refractivity contribution in [3.63, 3.8) is 0 Å². The molecule has 1 aromatic heterocycles. The molecule has 4 heteroatoms. The van der Waals surface area contributed by atoms with Gasteiger partial charge in [0.15, 0.2) is 0 Å². The summed E-state index contributed by atoms with van der Waals surface area (Å²) in [4.78, 5) is 4.09. The van der Waals surface area contributed by atoms with Crippen LogP contribution in [-0.2, 0) is 6.54 Å². The van der Waals surface area contributed by atoms with Crippen LogP contribution in [0.4, 0.5) is 5.95 Å². The summed E-state index contributed by atoms with van der Waals surface area (Å²) in [6.45, 7) is 5.57. The molecule has 0 saturated carbocycles. The first-order chi connectivity index (χ1) is 8.70. The molecule has 0 aliphatic heterocycles. The lowest BCUT2D eigenvalue weighted by atomic mass is 10.2. The van der Waals surface area contributed by atoms with Crippen LogP contribution in [-0.4, -0.2) is 16.2 Å². The smallest absolute Gasteiger partial charge is 0.200 e. The summed E-state index contributed by atoms with van der Waals surface area (Å²) in [7, 11) is 0. The lowest BCUT2D eigenvalue weighted by molar-refractivity contribution is 0.317. The standard InChI is InChI=1S/C14H19N3O/c1-3-7-18-13-6-4-5-12(8-13)10-17-11(2)9-16-14(17)15/h4-6,8-9H,3,7,10H2,1-2H3,(H2,15,16). The van der Waals surface area contributed by atoms with Crippen molar-refractivity contribution in [1.82, 2.24) is 9.55 Å². The third kappa shape index (κ3) is 2.83. The summed E-state index contributed by atoms with van der Waals surface area (Å²) in [5.74, 6) is 1.46. The molecule has 0 atom stereocenters. The quantitative estimate of drug-likeness (QED) is 0.881. The Morgan fingerprint density at radius 1 is 1.39 bits per heavy atom. The molecule has 1 aromatic carbocycles. The highest BCUT2D eigenvalue weighted by atomic mass is 16.5. The average Bonchev–Trinajstić information content (AvgIpc) is 2.69. The van der Waals surface area contributed by atoms with E-state index >= 15 is 0 Å². The van der Waals surface area contributed by atoms with Crippen LogP contribution in [0.25, 0.3) is 0 Å². The first-order valence-electron chi connectivity index (χ1n) is 6.20. The van der Waals surface area contributed by atoms with E-state index in [1.54, 1.807) is 6.20 Å². The molecule has 4 nitrogen and oxygen atoms in total. The molecule has 2 aromatic rings. The molecule has 0 aliphatic rings. The Morgan fingerprint density at radius 2 is 2.22 bits per heavy atom. The van der Waals surface area contributed by atoms with Crippen LogP contribution in [0.2, 0.25) is 0 Å². The van der Waals surface area contributed by atoms with Crippen molar-refractivity contribution in [2.24, 2.45) is 0 Å². The molecule has 0 saturated heterocycles. The third-order valence-corrected chi connectivity index (χ3v) is 2.80. The lowest BCUT2D eigenvalue weighted by Crippen LogP contribution is -2.06. The van der Waals surface area contributed by atoms with Gasteiger partial charge in [0.05, 0.1) is 19.3 Å². The van der Waals surface area contributed by atoms with Gasteiger partial charge in [0.25, 0.3) is 0 Å². The molecule has 2 N–H and O–H groups in total. The van der Waals surface area contributed by atoms with Crippen molar-refractivity contribution in [2.45, 2.75) is 26.8 Å². The molecule has 2 rings (SSSR count). The minimum atomic E-state index is 0.548. The third-order valence-electron chi connectivity index (χ3n) is 2.80. The molecule has 0 spiro atoms. The summed E-state index contributed by atoms with van der Waals surface area (Å²) in [5.41, 5.74) is 8.05. The zero-order valence-corrected chi connectivity index (χ0v) is 10.9. The van der Waals surface area contributed by atoms with E-state index in [-0.39, 0.29) is 0 Å². The maximum Gasteiger partial charge on any atom is 0.200 e.